The zero-order valence-electron chi connectivity index (χ0n) is 12.5. The van der Waals surface area contributed by atoms with E-state index in [2.05, 4.69) is 13.2 Å². The normalized spacial score (nSPS) is 10.5. The van der Waals surface area contributed by atoms with Crippen molar-refractivity contribution in [2.24, 2.45) is 0 Å². The van der Waals surface area contributed by atoms with Gasteiger partial charge in [0, 0.05) is 11.1 Å². The summed E-state index contributed by atoms with van der Waals surface area (Å²) < 4.78 is 9.55. The Morgan fingerprint density at radius 2 is 1.38 bits per heavy atom. The minimum atomic E-state index is -1.11. The highest BCUT2D eigenvalue weighted by Crippen LogP contribution is 2.03. The number of ether oxygens (including phenoxy) is 2. The van der Waals surface area contributed by atoms with E-state index >= 15 is 0 Å². The highest BCUT2D eigenvalue weighted by Gasteiger charge is 2.21. The Morgan fingerprint density at radius 1 is 0.952 bits per heavy atom. The maximum atomic E-state index is 11.2. The van der Waals surface area contributed by atoms with Crippen LogP contribution in [0, 0.1) is 0 Å². The predicted molar refractivity (Wildman–Crippen MR) is 75.3 cm³/mol. The average Bonchev–Trinajstić information content (AvgIpc) is 2.42. The Kier molecular flexibility index (Phi) is 12.0. The van der Waals surface area contributed by atoms with Crippen LogP contribution in [0.15, 0.2) is 24.3 Å². The molecule has 1 unspecified atom stereocenters. The topological polar surface area (TPSA) is 110 Å². The molecule has 7 nitrogen and oxygen atoms in total. The van der Waals surface area contributed by atoms with Crippen molar-refractivity contribution in [2.75, 3.05) is 19.8 Å². The lowest BCUT2D eigenvalue weighted by Crippen LogP contribution is -2.31. The number of hydrogen-bond acceptors (Lipinski definition) is 7. The number of aliphatic hydroxyl groups excluding tert-OH is 2. The molecule has 0 aliphatic carbocycles. The summed E-state index contributed by atoms with van der Waals surface area (Å²) in [5, 5.41) is 15.2. The maximum Gasteiger partial charge on any atom is 0.333 e. The third-order valence-electron chi connectivity index (χ3n) is 1.87. The molecular weight excluding hydrogens is 280 g/mol. The summed E-state index contributed by atoms with van der Waals surface area (Å²) in [4.78, 5) is 33.5. The Labute approximate surface area is 123 Å². The number of rotatable bonds is 7. The van der Waals surface area contributed by atoms with Crippen molar-refractivity contribution < 1.29 is 34.1 Å². The van der Waals surface area contributed by atoms with Gasteiger partial charge in [0.15, 0.2) is 11.9 Å². The number of hydrogen-bond donors (Lipinski definition) is 2. The second-order valence-electron chi connectivity index (χ2n) is 4.11. The second-order valence-corrected chi connectivity index (χ2v) is 4.11. The molecule has 0 aliphatic rings. The monoisotopic (exact) mass is 302 g/mol. The first-order chi connectivity index (χ1) is 9.67. The Bertz CT molecular complexity index is 396. The van der Waals surface area contributed by atoms with E-state index in [-0.39, 0.29) is 31.0 Å². The van der Waals surface area contributed by atoms with Gasteiger partial charge in [-0.1, -0.05) is 13.2 Å². The van der Waals surface area contributed by atoms with E-state index in [4.69, 9.17) is 19.7 Å². The van der Waals surface area contributed by atoms with Gasteiger partial charge in [0.05, 0.1) is 13.2 Å². The largest absolute Gasteiger partial charge is 0.458 e. The third kappa shape index (κ3) is 11.5. The highest BCUT2D eigenvalue weighted by atomic mass is 16.6. The second kappa shape index (κ2) is 11.8. The van der Waals surface area contributed by atoms with E-state index in [1.165, 1.54) is 20.8 Å². The van der Waals surface area contributed by atoms with Crippen LogP contribution >= 0.6 is 0 Å². The van der Waals surface area contributed by atoms with Gasteiger partial charge in [-0.2, -0.15) is 0 Å². The molecular formula is C14H22O7. The summed E-state index contributed by atoms with van der Waals surface area (Å²) in [7, 11) is 0. The number of Topliss-reactive ketones (excluding diaryl/α,β-unsaturated/α-hetero) is 1. The van der Waals surface area contributed by atoms with Crippen molar-refractivity contribution in [3.05, 3.63) is 24.3 Å². The van der Waals surface area contributed by atoms with Gasteiger partial charge < -0.3 is 19.7 Å². The molecule has 0 aromatic carbocycles. The summed E-state index contributed by atoms with van der Waals surface area (Å²) in [6, 6.07) is 0. The van der Waals surface area contributed by atoms with Crippen molar-refractivity contribution in [1.82, 2.24) is 0 Å². The smallest absolute Gasteiger partial charge is 0.333 e. The molecule has 21 heavy (non-hydrogen) atoms. The molecule has 0 bridgehead atoms. The van der Waals surface area contributed by atoms with Crippen LogP contribution in [-0.2, 0) is 23.9 Å². The molecule has 0 radical (unpaired) electrons. The standard InChI is InChI=1S/C12H16O5.C2H6O2/c1-7(2)11(14)16-6-10(9(5)13)17-12(15)8(3)4;3-1-2-4/h10H,1,3,6H2,2,4-5H3;3-4H,1-2H2. The molecule has 0 saturated heterocycles. The molecule has 0 aliphatic heterocycles. The lowest BCUT2D eigenvalue weighted by Gasteiger charge is -2.15. The van der Waals surface area contributed by atoms with E-state index in [0.29, 0.717) is 0 Å². The minimum absolute atomic E-state index is 0.125. The SMILES string of the molecule is C=C(C)C(=O)OCC(OC(=O)C(=C)C)C(C)=O.OCCO. The van der Waals surface area contributed by atoms with Crippen molar-refractivity contribution in [3.63, 3.8) is 0 Å². The van der Waals surface area contributed by atoms with Gasteiger partial charge in [-0.25, -0.2) is 9.59 Å². The van der Waals surface area contributed by atoms with Crippen LogP contribution in [-0.4, -0.2) is 53.9 Å². The number of esters is 2. The van der Waals surface area contributed by atoms with Crippen molar-refractivity contribution >= 4 is 17.7 Å². The Balaban J connectivity index is 0. The molecule has 0 heterocycles. The molecule has 0 fully saturated rings. The fourth-order valence-electron chi connectivity index (χ4n) is 0.739. The first kappa shape index (κ1) is 21.3. The zero-order valence-corrected chi connectivity index (χ0v) is 12.5. The quantitative estimate of drug-likeness (QED) is 0.509. The van der Waals surface area contributed by atoms with Crippen LogP contribution in [0.1, 0.15) is 20.8 Å². The van der Waals surface area contributed by atoms with Gasteiger partial charge in [0.2, 0.25) is 0 Å². The summed E-state index contributed by atoms with van der Waals surface area (Å²) >= 11 is 0. The van der Waals surface area contributed by atoms with Gasteiger partial charge >= 0.3 is 11.9 Å². The van der Waals surface area contributed by atoms with E-state index < -0.39 is 23.8 Å². The molecule has 0 spiro atoms. The predicted octanol–water partition coefficient (Wildman–Crippen LogP) is 0.154. The number of aliphatic hydroxyl groups is 2. The number of ketones is 1. The Hall–Kier alpha value is -1.99. The molecule has 120 valence electrons. The van der Waals surface area contributed by atoms with Crippen LogP contribution in [0.5, 0.6) is 0 Å². The van der Waals surface area contributed by atoms with Crippen LogP contribution in [0.25, 0.3) is 0 Å². The molecule has 1 atom stereocenters. The molecule has 2 N–H and O–H groups in total. The molecule has 0 rings (SSSR count). The van der Waals surface area contributed by atoms with Crippen LogP contribution < -0.4 is 0 Å². The van der Waals surface area contributed by atoms with Crippen LogP contribution in [0.4, 0.5) is 0 Å². The van der Waals surface area contributed by atoms with E-state index in [0.717, 1.165) is 0 Å². The average molecular weight is 302 g/mol. The van der Waals surface area contributed by atoms with Crippen LogP contribution in [0.3, 0.4) is 0 Å². The molecule has 0 aromatic heterocycles. The first-order valence-electron chi connectivity index (χ1n) is 6.08. The first-order valence-corrected chi connectivity index (χ1v) is 6.08. The fraction of sp³-hybridized carbons (Fsp3) is 0.500. The lowest BCUT2D eigenvalue weighted by atomic mass is 10.2. The third-order valence-corrected chi connectivity index (χ3v) is 1.87. The van der Waals surface area contributed by atoms with Gasteiger partial charge in [-0.15, -0.1) is 0 Å². The van der Waals surface area contributed by atoms with E-state index in [1.54, 1.807) is 0 Å². The fourth-order valence-corrected chi connectivity index (χ4v) is 0.739. The van der Waals surface area contributed by atoms with Crippen LogP contribution in [0.2, 0.25) is 0 Å². The maximum absolute atomic E-state index is 11.2. The molecule has 0 amide bonds. The van der Waals surface area contributed by atoms with E-state index in [9.17, 15) is 14.4 Å². The summed E-state index contributed by atoms with van der Waals surface area (Å²) in [5.41, 5.74) is 0.376. The summed E-state index contributed by atoms with van der Waals surface area (Å²) in [6.45, 7) is 10.4. The molecule has 0 saturated carbocycles. The number of carbonyl (C=O) groups is 3. The zero-order chi connectivity index (χ0) is 17.0. The van der Waals surface area contributed by atoms with Gasteiger partial charge in [0.1, 0.15) is 6.61 Å². The van der Waals surface area contributed by atoms with Crippen molar-refractivity contribution in [1.29, 1.82) is 0 Å². The molecule has 0 aromatic rings. The van der Waals surface area contributed by atoms with Gasteiger partial charge in [-0.3, -0.25) is 4.79 Å². The minimum Gasteiger partial charge on any atom is -0.458 e. The van der Waals surface area contributed by atoms with Crippen molar-refractivity contribution in [3.8, 4) is 0 Å². The molecule has 7 heteroatoms. The number of carbonyl (C=O) groups excluding carboxylic acids is 3. The van der Waals surface area contributed by atoms with Gasteiger partial charge in [-0.05, 0) is 20.8 Å². The summed E-state index contributed by atoms with van der Waals surface area (Å²) in [6.07, 6.45) is -1.11. The van der Waals surface area contributed by atoms with Gasteiger partial charge in [0.25, 0.3) is 0 Å². The van der Waals surface area contributed by atoms with Crippen molar-refractivity contribution in [2.45, 2.75) is 26.9 Å². The lowest BCUT2D eigenvalue weighted by molar-refractivity contribution is -0.158. The summed E-state index contributed by atoms with van der Waals surface area (Å²) in [5.74, 6) is -1.74. The Morgan fingerprint density at radius 3 is 1.67 bits per heavy atom. The highest BCUT2D eigenvalue weighted by molar-refractivity contribution is 5.91. The van der Waals surface area contributed by atoms with E-state index in [1.807, 2.05) is 0 Å².